The topological polar surface area (TPSA) is 46.2 Å². The van der Waals surface area contributed by atoms with Crippen molar-refractivity contribution in [2.45, 2.75) is 13.8 Å². The predicted molar refractivity (Wildman–Crippen MR) is 50.2 cm³/mol. The fourth-order valence-corrected chi connectivity index (χ4v) is 1.67. The van der Waals surface area contributed by atoms with Gasteiger partial charge in [0.1, 0.15) is 0 Å². The third-order valence-electron chi connectivity index (χ3n) is 1.17. The lowest BCUT2D eigenvalue weighted by molar-refractivity contribution is 0.672. The first-order valence-corrected chi connectivity index (χ1v) is 6.59. The van der Waals surface area contributed by atoms with Crippen molar-refractivity contribution in [1.29, 1.82) is 0 Å². The highest BCUT2D eigenvalue weighted by atomic mass is 32.2. The van der Waals surface area contributed by atoms with E-state index in [1.54, 1.807) is 0 Å². The molecule has 0 aromatic heterocycles. The Kier molecular flexibility index (Phi) is 7.10. The Hall–Kier alpha value is 0.260. The van der Waals surface area contributed by atoms with Crippen LogP contribution in [0.4, 0.5) is 0 Å². The van der Waals surface area contributed by atoms with Gasteiger partial charge >= 0.3 is 0 Å². The minimum atomic E-state index is -0.791. The Morgan fingerprint density at radius 2 is 1.36 bits per heavy atom. The summed E-state index contributed by atoms with van der Waals surface area (Å²) in [7, 11) is -1.58. The summed E-state index contributed by atoms with van der Waals surface area (Å²) in [6, 6.07) is 0. The summed E-state index contributed by atoms with van der Waals surface area (Å²) in [4.78, 5) is 0. The first-order valence-electron chi connectivity index (χ1n) is 3.61. The van der Waals surface area contributed by atoms with Crippen molar-refractivity contribution in [3.8, 4) is 0 Å². The van der Waals surface area contributed by atoms with Crippen LogP contribution in [0.2, 0.25) is 0 Å². The molecule has 3 nitrogen and oxygen atoms in total. The molecular formula is C6H15NO2S2. The Labute approximate surface area is 72.9 Å². The van der Waals surface area contributed by atoms with Crippen LogP contribution in [0.5, 0.6) is 0 Å². The van der Waals surface area contributed by atoms with Crippen LogP contribution >= 0.6 is 0 Å². The molecule has 0 rings (SSSR count). The Balaban J connectivity index is 3.27. The maximum Gasteiger partial charge on any atom is 0.0729 e. The summed E-state index contributed by atoms with van der Waals surface area (Å²) in [5.74, 6) is 2.24. The van der Waals surface area contributed by atoms with Crippen molar-refractivity contribution in [3.63, 3.8) is 0 Å². The maximum atomic E-state index is 10.8. The van der Waals surface area contributed by atoms with Gasteiger partial charge in [0.2, 0.25) is 0 Å². The first-order chi connectivity index (χ1) is 5.20. The van der Waals surface area contributed by atoms with Gasteiger partial charge in [-0.2, -0.15) is 0 Å². The second-order valence-corrected chi connectivity index (χ2v) is 5.49. The molecule has 0 saturated heterocycles. The second kappa shape index (κ2) is 6.94. The Morgan fingerprint density at radius 1 is 1.00 bits per heavy atom. The zero-order valence-corrected chi connectivity index (χ0v) is 8.59. The van der Waals surface area contributed by atoms with E-state index in [1.165, 1.54) is 0 Å². The lowest BCUT2D eigenvalue weighted by Gasteiger charge is -2.01. The molecule has 0 amide bonds. The van der Waals surface area contributed by atoms with E-state index in [1.807, 2.05) is 13.8 Å². The van der Waals surface area contributed by atoms with Crippen LogP contribution in [-0.4, -0.2) is 31.7 Å². The van der Waals surface area contributed by atoms with Crippen LogP contribution in [0.15, 0.2) is 0 Å². The van der Waals surface area contributed by atoms with Crippen LogP contribution in [0.1, 0.15) is 13.8 Å². The van der Waals surface area contributed by atoms with Crippen LogP contribution in [0.3, 0.4) is 0 Å². The van der Waals surface area contributed by atoms with Crippen molar-refractivity contribution >= 4 is 21.6 Å². The van der Waals surface area contributed by atoms with Gasteiger partial charge < -0.3 is 0 Å². The molecule has 11 heavy (non-hydrogen) atoms. The van der Waals surface area contributed by atoms with Gasteiger partial charge in [0.05, 0.1) is 11.8 Å². The van der Waals surface area contributed by atoms with Crippen LogP contribution < -0.4 is 5.32 Å². The molecule has 0 aliphatic carbocycles. The standard InChI is InChI=1S/C6H15NO2S2/c1-3-10(8)5-7-6-11(9)4-2/h7H,3-6H2,1-2H3. The minimum absolute atomic E-state index is 0.461. The predicted octanol–water partition coefficient (Wildman–Crippen LogP) is 0.0282. The molecule has 0 aliphatic rings. The van der Waals surface area contributed by atoms with Gasteiger partial charge in [0.25, 0.3) is 0 Å². The van der Waals surface area contributed by atoms with E-state index >= 15 is 0 Å². The zero-order chi connectivity index (χ0) is 8.69. The molecule has 1 N–H and O–H groups in total. The molecule has 2 atom stereocenters. The lowest BCUT2D eigenvalue weighted by atomic mass is 11.0. The van der Waals surface area contributed by atoms with Gasteiger partial charge in [-0.1, -0.05) is 13.8 Å². The SMILES string of the molecule is CCS(=O)CNCS(=O)CC. The first kappa shape index (κ1) is 11.3. The molecule has 0 fully saturated rings. The molecule has 5 heteroatoms. The van der Waals surface area contributed by atoms with Gasteiger partial charge in [-0.05, 0) is 0 Å². The van der Waals surface area contributed by atoms with Gasteiger partial charge in [-0.15, -0.1) is 0 Å². The normalized spacial score (nSPS) is 16.2. The monoisotopic (exact) mass is 197 g/mol. The Bertz CT molecular complexity index is 134. The van der Waals surface area contributed by atoms with Crippen LogP contribution in [0, 0.1) is 0 Å². The molecule has 0 aromatic rings. The minimum Gasteiger partial charge on any atom is -0.295 e. The molecule has 0 radical (unpaired) electrons. The van der Waals surface area contributed by atoms with E-state index in [0.29, 0.717) is 23.3 Å². The lowest BCUT2D eigenvalue weighted by Crippen LogP contribution is -2.24. The molecule has 0 heterocycles. The summed E-state index contributed by atoms with van der Waals surface area (Å²) < 4.78 is 21.7. The molecular weight excluding hydrogens is 182 g/mol. The number of nitrogens with one attached hydrogen (secondary N) is 1. The van der Waals surface area contributed by atoms with E-state index < -0.39 is 21.6 Å². The van der Waals surface area contributed by atoms with Crippen molar-refractivity contribution in [3.05, 3.63) is 0 Å². The highest BCUT2D eigenvalue weighted by Crippen LogP contribution is 1.80. The Morgan fingerprint density at radius 3 is 1.64 bits per heavy atom. The average Bonchev–Trinajstić information content (AvgIpc) is 2.04. The highest BCUT2D eigenvalue weighted by Gasteiger charge is 1.96. The third-order valence-corrected chi connectivity index (χ3v) is 3.51. The third kappa shape index (κ3) is 6.65. The van der Waals surface area contributed by atoms with Gasteiger partial charge in [-0.25, -0.2) is 0 Å². The van der Waals surface area contributed by atoms with Gasteiger partial charge in [0.15, 0.2) is 0 Å². The number of rotatable bonds is 6. The molecule has 0 saturated carbocycles. The summed E-state index contributed by atoms with van der Waals surface area (Å²) in [5, 5.41) is 2.89. The quantitative estimate of drug-likeness (QED) is 0.653. The zero-order valence-electron chi connectivity index (χ0n) is 6.96. The largest absolute Gasteiger partial charge is 0.295 e. The average molecular weight is 197 g/mol. The van der Waals surface area contributed by atoms with Crippen molar-refractivity contribution in [2.24, 2.45) is 0 Å². The summed E-state index contributed by atoms with van der Waals surface area (Å²) in [5.41, 5.74) is 0. The molecule has 0 bridgehead atoms. The van der Waals surface area contributed by atoms with E-state index in [4.69, 9.17) is 0 Å². The summed E-state index contributed by atoms with van der Waals surface area (Å²) in [6.07, 6.45) is 0. The van der Waals surface area contributed by atoms with Gasteiger partial charge in [0, 0.05) is 33.1 Å². The fraction of sp³-hybridized carbons (Fsp3) is 1.00. The molecule has 68 valence electrons. The van der Waals surface area contributed by atoms with Crippen molar-refractivity contribution in [1.82, 2.24) is 5.32 Å². The van der Waals surface area contributed by atoms with E-state index in [-0.39, 0.29) is 0 Å². The molecule has 0 spiro atoms. The van der Waals surface area contributed by atoms with Crippen LogP contribution in [-0.2, 0) is 21.6 Å². The molecule has 0 aromatic carbocycles. The highest BCUT2D eigenvalue weighted by molar-refractivity contribution is 7.85. The molecule has 2 unspecified atom stereocenters. The fourth-order valence-electron chi connectivity index (χ4n) is 0.473. The second-order valence-electron chi connectivity index (χ2n) is 2.00. The van der Waals surface area contributed by atoms with Crippen molar-refractivity contribution in [2.75, 3.05) is 23.3 Å². The maximum absolute atomic E-state index is 10.8. The van der Waals surface area contributed by atoms with Gasteiger partial charge in [-0.3, -0.25) is 13.7 Å². The summed E-state index contributed by atoms with van der Waals surface area (Å²) >= 11 is 0. The van der Waals surface area contributed by atoms with E-state index in [2.05, 4.69) is 5.32 Å². The van der Waals surface area contributed by atoms with Crippen LogP contribution in [0.25, 0.3) is 0 Å². The number of hydrogen-bond donors (Lipinski definition) is 1. The summed E-state index contributed by atoms with van der Waals surface area (Å²) in [6.45, 7) is 3.74. The van der Waals surface area contributed by atoms with E-state index in [0.717, 1.165) is 0 Å². The van der Waals surface area contributed by atoms with Crippen molar-refractivity contribution < 1.29 is 8.42 Å². The smallest absolute Gasteiger partial charge is 0.0729 e. The number of hydrogen-bond acceptors (Lipinski definition) is 3. The van der Waals surface area contributed by atoms with E-state index in [9.17, 15) is 8.42 Å². The molecule has 0 aliphatic heterocycles.